The van der Waals surface area contributed by atoms with E-state index in [9.17, 15) is 4.79 Å². The van der Waals surface area contributed by atoms with E-state index in [1.807, 2.05) is 78.9 Å². The van der Waals surface area contributed by atoms with Gasteiger partial charge in [0.05, 0.1) is 6.04 Å². The Morgan fingerprint density at radius 2 is 1.56 bits per heavy atom. The Hall–Kier alpha value is -3.47. The zero-order chi connectivity index (χ0) is 18.5. The molecule has 0 aliphatic carbocycles. The van der Waals surface area contributed by atoms with Crippen LogP contribution in [0.2, 0.25) is 0 Å². The minimum absolute atomic E-state index is 0.168. The monoisotopic (exact) mass is 357 g/mol. The highest BCUT2D eigenvalue weighted by atomic mass is 16.5. The molecule has 1 aliphatic rings. The fraction of sp³-hybridized carbons (Fsp3) is 0.136. The molecule has 1 aliphatic heterocycles. The molecule has 5 nitrogen and oxygen atoms in total. The highest BCUT2D eigenvalue weighted by molar-refractivity contribution is 5.97. The number of ether oxygens (including phenoxy) is 1. The summed E-state index contributed by atoms with van der Waals surface area (Å²) in [6.07, 6.45) is 1.68. The lowest BCUT2D eigenvalue weighted by Gasteiger charge is -2.20. The van der Waals surface area contributed by atoms with Crippen LogP contribution in [0.4, 0.5) is 0 Å². The lowest BCUT2D eigenvalue weighted by atomic mass is 9.98. The molecule has 2 aromatic carbocycles. The average molecular weight is 357 g/mol. The van der Waals surface area contributed by atoms with Crippen molar-refractivity contribution in [3.63, 3.8) is 0 Å². The number of hydrogen-bond donors (Lipinski definition) is 1. The Morgan fingerprint density at radius 3 is 2.15 bits per heavy atom. The molecule has 1 amide bonds. The Morgan fingerprint density at radius 1 is 0.926 bits per heavy atom. The number of carbonyl (C=O) groups is 1. The van der Waals surface area contributed by atoms with E-state index in [1.165, 1.54) is 0 Å². The summed E-state index contributed by atoms with van der Waals surface area (Å²) >= 11 is 0. The predicted octanol–water partition coefficient (Wildman–Crippen LogP) is 3.13. The quantitative estimate of drug-likeness (QED) is 0.763. The van der Waals surface area contributed by atoms with E-state index in [0.717, 1.165) is 11.1 Å². The van der Waals surface area contributed by atoms with Crippen LogP contribution in [0.15, 0.2) is 90.1 Å². The van der Waals surface area contributed by atoms with Gasteiger partial charge in [0.1, 0.15) is 12.3 Å². The second-order valence-corrected chi connectivity index (χ2v) is 6.24. The maximum atomic E-state index is 12.9. The van der Waals surface area contributed by atoms with Crippen molar-refractivity contribution < 1.29 is 9.53 Å². The molecule has 0 fully saturated rings. The number of nitrogens with zero attached hydrogens (tertiary/aromatic N) is 2. The Kier molecular flexibility index (Phi) is 4.92. The van der Waals surface area contributed by atoms with Crippen LogP contribution in [0.25, 0.3) is 0 Å². The fourth-order valence-electron chi connectivity index (χ4n) is 3.03. The number of aliphatic imine (C=N–C) groups is 1. The molecule has 5 heteroatoms. The van der Waals surface area contributed by atoms with Gasteiger partial charge >= 0.3 is 0 Å². The van der Waals surface area contributed by atoms with Crippen molar-refractivity contribution in [1.29, 1.82) is 0 Å². The first kappa shape index (κ1) is 17.0. The molecule has 0 radical (unpaired) electrons. The van der Waals surface area contributed by atoms with Gasteiger partial charge in [0, 0.05) is 6.20 Å². The molecular formula is C22H19N3O2. The fourth-order valence-corrected chi connectivity index (χ4v) is 3.03. The van der Waals surface area contributed by atoms with Crippen LogP contribution in [0.1, 0.15) is 22.9 Å². The van der Waals surface area contributed by atoms with Crippen LogP contribution < -0.4 is 5.32 Å². The molecular weight excluding hydrogens is 338 g/mol. The van der Waals surface area contributed by atoms with Gasteiger partial charge in [0.25, 0.3) is 0 Å². The molecule has 0 unspecified atom stereocenters. The number of benzene rings is 2. The SMILES string of the molecule is O=C(NC(c1ccccc1)c1ccccc1)[C@@H]1COC(c2ccccn2)=N1. The molecule has 0 spiro atoms. The van der Waals surface area contributed by atoms with Crippen molar-refractivity contribution in [3.05, 3.63) is 102 Å². The molecule has 3 aromatic rings. The van der Waals surface area contributed by atoms with Crippen LogP contribution in [0, 0.1) is 0 Å². The van der Waals surface area contributed by atoms with Gasteiger partial charge in [-0.1, -0.05) is 66.7 Å². The standard InChI is InChI=1S/C22H19N3O2/c26-21(19-15-27-22(24-19)18-13-7-8-14-23-18)25-20(16-9-3-1-4-10-16)17-11-5-2-6-12-17/h1-14,19-20H,15H2,(H,25,26)/t19-/m0/s1. The van der Waals surface area contributed by atoms with E-state index in [2.05, 4.69) is 15.3 Å². The van der Waals surface area contributed by atoms with Crippen LogP contribution in [-0.2, 0) is 9.53 Å². The summed E-state index contributed by atoms with van der Waals surface area (Å²) in [5, 5.41) is 3.12. The van der Waals surface area contributed by atoms with Crippen LogP contribution in [0.3, 0.4) is 0 Å². The van der Waals surface area contributed by atoms with Crippen LogP contribution >= 0.6 is 0 Å². The summed E-state index contributed by atoms with van der Waals surface area (Å²) in [5.74, 6) is 0.241. The van der Waals surface area contributed by atoms with E-state index in [1.54, 1.807) is 6.20 Å². The minimum Gasteiger partial charge on any atom is -0.474 e. The van der Waals surface area contributed by atoms with Gasteiger partial charge < -0.3 is 10.1 Å². The number of carbonyl (C=O) groups excluding carboxylic acids is 1. The average Bonchev–Trinajstić information content (AvgIpc) is 3.24. The van der Waals surface area contributed by atoms with E-state index in [4.69, 9.17) is 4.74 Å². The Balaban J connectivity index is 1.55. The van der Waals surface area contributed by atoms with Crippen molar-refractivity contribution in [2.75, 3.05) is 6.61 Å². The zero-order valence-electron chi connectivity index (χ0n) is 14.7. The molecule has 0 bridgehead atoms. The molecule has 1 atom stereocenters. The van der Waals surface area contributed by atoms with Crippen molar-refractivity contribution >= 4 is 11.8 Å². The largest absolute Gasteiger partial charge is 0.474 e. The number of aromatic nitrogens is 1. The number of amides is 1. The van der Waals surface area contributed by atoms with Crippen molar-refractivity contribution in [1.82, 2.24) is 10.3 Å². The lowest BCUT2D eigenvalue weighted by molar-refractivity contribution is -0.123. The van der Waals surface area contributed by atoms with Gasteiger partial charge in [-0.25, -0.2) is 4.99 Å². The van der Waals surface area contributed by atoms with Gasteiger partial charge in [0.15, 0.2) is 6.04 Å². The van der Waals surface area contributed by atoms with Crippen molar-refractivity contribution in [3.8, 4) is 0 Å². The maximum absolute atomic E-state index is 12.9. The molecule has 0 saturated heterocycles. The third-order valence-corrected chi connectivity index (χ3v) is 4.39. The van der Waals surface area contributed by atoms with Gasteiger partial charge in [-0.2, -0.15) is 0 Å². The van der Waals surface area contributed by atoms with Crippen LogP contribution in [0.5, 0.6) is 0 Å². The number of pyridine rings is 1. The topological polar surface area (TPSA) is 63.6 Å². The zero-order valence-corrected chi connectivity index (χ0v) is 14.7. The second kappa shape index (κ2) is 7.83. The molecule has 0 saturated carbocycles. The first-order chi connectivity index (χ1) is 13.3. The maximum Gasteiger partial charge on any atom is 0.249 e. The summed E-state index contributed by atoms with van der Waals surface area (Å²) in [6.45, 7) is 0.216. The van der Waals surface area contributed by atoms with Crippen LogP contribution in [-0.4, -0.2) is 29.4 Å². The van der Waals surface area contributed by atoms with Gasteiger partial charge in [-0.15, -0.1) is 0 Å². The number of rotatable bonds is 5. The molecule has 4 rings (SSSR count). The molecule has 1 aromatic heterocycles. The second-order valence-electron chi connectivity index (χ2n) is 6.24. The first-order valence-electron chi connectivity index (χ1n) is 8.83. The van der Waals surface area contributed by atoms with Gasteiger partial charge in [0.2, 0.25) is 11.8 Å². The predicted molar refractivity (Wildman–Crippen MR) is 103 cm³/mol. The summed E-state index contributed by atoms with van der Waals surface area (Å²) in [6, 6.07) is 24.5. The summed E-state index contributed by atoms with van der Waals surface area (Å²) in [4.78, 5) is 21.5. The third-order valence-electron chi connectivity index (χ3n) is 4.39. The van der Waals surface area contributed by atoms with E-state index in [-0.39, 0.29) is 18.6 Å². The molecule has 27 heavy (non-hydrogen) atoms. The summed E-state index contributed by atoms with van der Waals surface area (Å²) in [5.41, 5.74) is 2.67. The molecule has 1 N–H and O–H groups in total. The van der Waals surface area contributed by atoms with Crippen molar-refractivity contribution in [2.45, 2.75) is 12.1 Å². The lowest BCUT2D eigenvalue weighted by Crippen LogP contribution is -2.37. The highest BCUT2D eigenvalue weighted by Crippen LogP contribution is 2.22. The highest BCUT2D eigenvalue weighted by Gasteiger charge is 2.29. The Bertz CT molecular complexity index is 888. The van der Waals surface area contributed by atoms with E-state index >= 15 is 0 Å². The van der Waals surface area contributed by atoms with Gasteiger partial charge in [-0.05, 0) is 23.3 Å². The Labute approximate surface area is 157 Å². The smallest absolute Gasteiger partial charge is 0.249 e. The molecule has 134 valence electrons. The molecule has 2 heterocycles. The van der Waals surface area contributed by atoms with E-state index in [0.29, 0.717) is 11.6 Å². The normalized spacial score (nSPS) is 15.9. The minimum atomic E-state index is -0.586. The van der Waals surface area contributed by atoms with Crippen molar-refractivity contribution in [2.24, 2.45) is 4.99 Å². The van der Waals surface area contributed by atoms with Gasteiger partial charge in [-0.3, -0.25) is 9.78 Å². The number of hydrogen-bond acceptors (Lipinski definition) is 4. The summed E-state index contributed by atoms with van der Waals surface area (Å²) in [7, 11) is 0. The summed E-state index contributed by atoms with van der Waals surface area (Å²) < 4.78 is 5.59. The first-order valence-corrected chi connectivity index (χ1v) is 8.83. The van der Waals surface area contributed by atoms with E-state index < -0.39 is 6.04 Å². The third kappa shape index (κ3) is 3.87. The number of nitrogens with one attached hydrogen (secondary N) is 1.